The molecule has 0 aliphatic carbocycles. The monoisotopic (exact) mass is 466 g/mol. The number of nitrogens with zero attached hydrogens (tertiary/aromatic N) is 3. The van der Waals surface area contributed by atoms with Crippen molar-refractivity contribution in [1.29, 1.82) is 0 Å². The van der Waals surface area contributed by atoms with Gasteiger partial charge >= 0.3 is 0 Å². The number of halogens is 3. The third-order valence-electron chi connectivity index (χ3n) is 6.81. The van der Waals surface area contributed by atoms with Crippen molar-refractivity contribution in [1.82, 2.24) is 9.97 Å². The molecule has 178 valence electrons. The molecular weight excluding hydrogens is 437 g/mol. The molecule has 0 amide bonds. The average molecular weight is 467 g/mol. The predicted octanol–water partition coefficient (Wildman–Crippen LogP) is 7.16. The zero-order valence-electron chi connectivity index (χ0n) is 20.4. The Morgan fingerprint density at radius 3 is 2.53 bits per heavy atom. The molecule has 0 spiro atoms. The summed E-state index contributed by atoms with van der Waals surface area (Å²) in [4.78, 5) is 11.2. The Morgan fingerprint density at radius 1 is 1.21 bits per heavy atom. The average Bonchev–Trinajstić information content (AvgIpc) is 2.92. The molecule has 0 saturated carbocycles. The maximum absolute atomic E-state index is 15.2. The van der Waals surface area contributed by atoms with E-state index in [1.807, 2.05) is 24.1 Å². The first-order valence-corrected chi connectivity index (χ1v) is 11.1. The first-order chi connectivity index (χ1) is 15.8. The van der Waals surface area contributed by atoms with Crippen LogP contribution >= 0.6 is 0 Å². The molecule has 0 saturated heterocycles. The third kappa shape index (κ3) is 3.54. The molecule has 1 aliphatic heterocycles. The number of allylic oxidation sites excluding steroid dienone is 2. The lowest BCUT2D eigenvalue weighted by Crippen LogP contribution is -2.21. The van der Waals surface area contributed by atoms with Crippen molar-refractivity contribution in [3.8, 4) is 0 Å². The number of aromatic nitrogens is 2. The van der Waals surface area contributed by atoms with Gasteiger partial charge in [0, 0.05) is 34.8 Å². The number of fused-ring (bicyclic) bond motifs is 2. The maximum Gasteiger partial charge on any atom is 0.296 e. The van der Waals surface area contributed by atoms with Crippen molar-refractivity contribution >= 4 is 22.4 Å². The Hall–Kier alpha value is -3.35. The second-order valence-corrected chi connectivity index (χ2v) is 9.57. The number of nitrogens with one attached hydrogen (secondary N) is 1. The summed E-state index contributed by atoms with van der Waals surface area (Å²) in [5.41, 5.74) is 2.62. The normalized spacial score (nSPS) is 16.0. The van der Waals surface area contributed by atoms with E-state index < -0.39 is 28.9 Å². The van der Waals surface area contributed by atoms with Gasteiger partial charge in [0.25, 0.3) is 5.92 Å². The minimum Gasteiger partial charge on any atom is -0.363 e. The van der Waals surface area contributed by atoms with Gasteiger partial charge in [0.05, 0.1) is 17.1 Å². The van der Waals surface area contributed by atoms with E-state index in [4.69, 9.17) is 0 Å². The lowest BCUT2D eigenvalue weighted by Gasteiger charge is -2.22. The number of hydrogen-bond acceptors (Lipinski definition) is 4. The van der Waals surface area contributed by atoms with Crippen molar-refractivity contribution in [3.05, 3.63) is 83.1 Å². The highest BCUT2D eigenvalue weighted by Gasteiger charge is 2.38. The summed E-state index contributed by atoms with van der Waals surface area (Å²) >= 11 is 0. The number of likely N-dealkylation sites (N-methyl/N-ethyl adjacent to an activating group) is 1. The molecule has 0 radical (unpaired) electrons. The van der Waals surface area contributed by atoms with Gasteiger partial charge in [-0.3, -0.25) is 0 Å². The first kappa shape index (κ1) is 23.8. The molecule has 1 aliphatic rings. The van der Waals surface area contributed by atoms with E-state index in [1.165, 1.54) is 19.1 Å². The maximum atomic E-state index is 15.2. The van der Waals surface area contributed by atoms with Crippen LogP contribution in [0.3, 0.4) is 0 Å². The quantitative estimate of drug-likeness (QED) is 0.405. The number of hydrogen-bond donors (Lipinski definition) is 1. The molecule has 7 heteroatoms. The number of anilines is 2. The highest BCUT2D eigenvalue weighted by molar-refractivity contribution is 5.95. The van der Waals surface area contributed by atoms with Crippen LogP contribution in [0.25, 0.3) is 10.9 Å². The zero-order valence-corrected chi connectivity index (χ0v) is 20.4. The van der Waals surface area contributed by atoms with Gasteiger partial charge in [-0.25, -0.2) is 14.4 Å². The van der Waals surface area contributed by atoms with Gasteiger partial charge in [0.15, 0.2) is 0 Å². The van der Waals surface area contributed by atoms with E-state index >= 15 is 4.39 Å². The van der Waals surface area contributed by atoms with E-state index in [1.54, 1.807) is 13.8 Å². The topological polar surface area (TPSA) is 41.0 Å². The van der Waals surface area contributed by atoms with Gasteiger partial charge in [-0.2, -0.15) is 8.78 Å². The Labute approximate surface area is 198 Å². The van der Waals surface area contributed by atoms with Gasteiger partial charge in [-0.05, 0) is 50.1 Å². The van der Waals surface area contributed by atoms with Crippen LogP contribution in [0.5, 0.6) is 0 Å². The Bertz CT molecular complexity index is 1340. The Balaban J connectivity index is 1.80. The summed E-state index contributed by atoms with van der Waals surface area (Å²) in [6.45, 7) is 16.5. The van der Waals surface area contributed by atoms with E-state index in [2.05, 4.69) is 42.3 Å². The molecule has 34 heavy (non-hydrogen) atoms. The summed E-state index contributed by atoms with van der Waals surface area (Å²) in [5.74, 6) is -3.35. The van der Waals surface area contributed by atoms with Crippen LogP contribution in [-0.4, -0.2) is 17.0 Å². The highest BCUT2D eigenvalue weighted by Crippen LogP contribution is 2.48. The van der Waals surface area contributed by atoms with Gasteiger partial charge in [-0.1, -0.05) is 39.1 Å². The fraction of sp³-hybridized carbons (Fsp3) is 0.333. The van der Waals surface area contributed by atoms with Gasteiger partial charge in [0.2, 0.25) is 0 Å². The number of alkyl halides is 2. The van der Waals surface area contributed by atoms with E-state index in [0.29, 0.717) is 11.6 Å². The lowest BCUT2D eigenvalue weighted by molar-refractivity contribution is 0.0344. The first-order valence-electron chi connectivity index (χ1n) is 11.1. The summed E-state index contributed by atoms with van der Waals surface area (Å²) in [6, 6.07) is 7.44. The molecule has 0 fully saturated rings. The fourth-order valence-corrected chi connectivity index (χ4v) is 4.53. The summed E-state index contributed by atoms with van der Waals surface area (Å²) in [6.07, 6.45) is 0. The smallest absolute Gasteiger partial charge is 0.296 e. The predicted molar refractivity (Wildman–Crippen MR) is 132 cm³/mol. The van der Waals surface area contributed by atoms with E-state index in [9.17, 15) is 8.78 Å². The van der Waals surface area contributed by atoms with Crippen LogP contribution in [-0.2, 0) is 11.3 Å². The lowest BCUT2D eigenvalue weighted by atomic mass is 9.84. The van der Waals surface area contributed by atoms with Crippen LogP contribution in [0.2, 0.25) is 0 Å². The summed E-state index contributed by atoms with van der Waals surface area (Å²) in [5, 5.41) is 3.99. The van der Waals surface area contributed by atoms with Crippen molar-refractivity contribution in [2.24, 2.45) is 0 Å². The minimum absolute atomic E-state index is 0.121. The molecule has 1 N–H and O–H groups in total. The Kier molecular flexibility index (Phi) is 5.50. The SMILES string of the molecule is C=C1N(C)c2cc3c(N[C@H](C)c4cccc(C(F)(F)C(=C)C)c4F)nc(C)nc3cc2C1(C)C. The molecule has 2 heterocycles. The summed E-state index contributed by atoms with van der Waals surface area (Å²) < 4.78 is 44.3. The standard InChI is InChI=1S/C27H29F3N4/c1-14(2)27(29,30)20-11-9-10-18(24(20)28)15(3)31-25-19-12-23-21(13-22(19)32-17(5)33-25)26(6,7)16(4)34(23)8/h9-13,15H,1,4H2,2-3,5-8H3,(H,31,32,33)/t15-/m1/s1. The van der Waals surface area contributed by atoms with Crippen molar-refractivity contribution in [3.63, 3.8) is 0 Å². The molecule has 1 atom stereocenters. The zero-order chi connectivity index (χ0) is 25.2. The Morgan fingerprint density at radius 2 is 1.88 bits per heavy atom. The number of benzene rings is 2. The van der Waals surface area contributed by atoms with Gasteiger partial charge in [-0.15, -0.1) is 0 Å². The molecule has 2 aromatic carbocycles. The largest absolute Gasteiger partial charge is 0.363 e. The third-order valence-corrected chi connectivity index (χ3v) is 6.81. The molecule has 0 bridgehead atoms. The highest BCUT2D eigenvalue weighted by atomic mass is 19.3. The van der Waals surface area contributed by atoms with Crippen molar-refractivity contribution in [2.45, 2.75) is 52.0 Å². The van der Waals surface area contributed by atoms with Crippen molar-refractivity contribution < 1.29 is 13.2 Å². The second kappa shape index (κ2) is 7.86. The molecular formula is C27H29F3N4. The molecule has 0 unspecified atom stereocenters. The van der Waals surface area contributed by atoms with Crippen molar-refractivity contribution in [2.75, 3.05) is 17.3 Å². The number of aryl methyl sites for hydroxylation is 1. The molecule has 4 nitrogen and oxygen atoms in total. The number of rotatable bonds is 5. The van der Waals surface area contributed by atoms with Gasteiger partial charge in [0.1, 0.15) is 17.5 Å². The summed E-state index contributed by atoms with van der Waals surface area (Å²) in [7, 11) is 1.97. The van der Waals surface area contributed by atoms with E-state index in [0.717, 1.165) is 33.9 Å². The molecule has 3 aromatic rings. The molecule has 4 rings (SSSR count). The molecule has 1 aromatic heterocycles. The van der Waals surface area contributed by atoms with E-state index in [-0.39, 0.29) is 11.0 Å². The van der Waals surface area contributed by atoms with Crippen LogP contribution < -0.4 is 10.2 Å². The van der Waals surface area contributed by atoms with Crippen LogP contribution in [0.15, 0.2) is 54.8 Å². The fourth-order valence-electron chi connectivity index (χ4n) is 4.53. The second-order valence-electron chi connectivity index (χ2n) is 9.57. The van der Waals surface area contributed by atoms with Crippen LogP contribution in [0.4, 0.5) is 24.7 Å². The minimum atomic E-state index is -3.46. The van der Waals surface area contributed by atoms with Gasteiger partial charge < -0.3 is 10.2 Å². The van der Waals surface area contributed by atoms with Crippen LogP contribution in [0, 0.1) is 12.7 Å². The van der Waals surface area contributed by atoms with Crippen LogP contribution in [0.1, 0.15) is 56.3 Å².